The van der Waals surface area contributed by atoms with E-state index in [-0.39, 0.29) is 11.1 Å². The third-order valence-electron chi connectivity index (χ3n) is 5.48. The number of aliphatic hydroxyl groups is 1. The predicted octanol–water partition coefficient (Wildman–Crippen LogP) is 4.33. The Kier molecular flexibility index (Phi) is 7.13. The summed E-state index contributed by atoms with van der Waals surface area (Å²) in [4.78, 5) is 16.3. The highest BCUT2D eigenvalue weighted by Gasteiger charge is 2.58. The van der Waals surface area contributed by atoms with Crippen LogP contribution in [0, 0.1) is 17.5 Å². The summed E-state index contributed by atoms with van der Waals surface area (Å²) in [6.07, 6.45) is 1.77. The van der Waals surface area contributed by atoms with Crippen molar-refractivity contribution in [3.8, 4) is 0 Å². The molecular weight excluding hydrogens is 600 g/mol. The fourth-order valence-electron chi connectivity index (χ4n) is 3.56. The van der Waals surface area contributed by atoms with Gasteiger partial charge in [-0.05, 0) is 46.3 Å². The predicted molar refractivity (Wildman–Crippen MR) is 124 cm³/mol. The lowest BCUT2D eigenvalue weighted by Crippen LogP contribution is -2.48. The van der Waals surface area contributed by atoms with E-state index in [4.69, 9.17) is 0 Å². The SMILES string of the molecule is O=C(c1ccc(C(F)(F)C(O)(Cn2cnnn2)c2ccc(F)cc2F)nc1)c1ccc(CI)c(F)c1. The first-order valence-corrected chi connectivity index (χ1v) is 11.7. The molecule has 36 heavy (non-hydrogen) atoms. The lowest BCUT2D eigenvalue weighted by Gasteiger charge is -2.35. The van der Waals surface area contributed by atoms with Gasteiger partial charge < -0.3 is 5.11 Å². The average Bonchev–Trinajstić information content (AvgIpc) is 3.36. The Labute approximate surface area is 214 Å². The molecule has 4 aromatic rings. The second-order valence-electron chi connectivity index (χ2n) is 7.77. The number of halogens is 6. The second kappa shape index (κ2) is 9.97. The monoisotopic (exact) mass is 615 g/mol. The maximum absolute atomic E-state index is 15.8. The van der Waals surface area contributed by atoms with Crippen molar-refractivity contribution in [3.63, 3.8) is 0 Å². The number of rotatable bonds is 8. The molecule has 0 spiro atoms. The lowest BCUT2D eigenvalue weighted by molar-refractivity contribution is -0.207. The van der Waals surface area contributed by atoms with E-state index in [2.05, 4.69) is 20.5 Å². The van der Waals surface area contributed by atoms with Gasteiger partial charge in [-0.3, -0.25) is 9.78 Å². The maximum atomic E-state index is 15.8. The van der Waals surface area contributed by atoms with Crippen LogP contribution >= 0.6 is 22.6 Å². The van der Waals surface area contributed by atoms with Gasteiger partial charge in [0.25, 0.3) is 0 Å². The van der Waals surface area contributed by atoms with Crippen LogP contribution in [0.2, 0.25) is 0 Å². The summed E-state index contributed by atoms with van der Waals surface area (Å²) in [7, 11) is 0. The Bertz CT molecular complexity index is 1400. The number of hydrogen-bond acceptors (Lipinski definition) is 6. The number of nitrogens with zero attached hydrogens (tertiary/aromatic N) is 5. The van der Waals surface area contributed by atoms with Gasteiger partial charge in [0.05, 0.1) is 6.54 Å². The van der Waals surface area contributed by atoms with E-state index in [0.29, 0.717) is 22.1 Å². The molecule has 1 unspecified atom stereocenters. The summed E-state index contributed by atoms with van der Waals surface area (Å²) in [6, 6.07) is 7.47. The van der Waals surface area contributed by atoms with Crippen LogP contribution in [-0.4, -0.2) is 36.1 Å². The number of tetrazole rings is 1. The zero-order valence-electron chi connectivity index (χ0n) is 18.0. The molecule has 2 aromatic heterocycles. The topological polar surface area (TPSA) is 93.8 Å². The molecule has 0 aliphatic heterocycles. The minimum atomic E-state index is -4.27. The van der Waals surface area contributed by atoms with Gasteiger partial charge in [-0.25, -0.2) is 17.9 Å². The molecule has 0 fully saturated rings. The zero-order valence-corrected chi connectivity index (χ0v) is 20.2. The Hall–Kier alpha value is -3.33. The van der Waals surface area contributed by atoms with Crippen molar-refractivity contribution in [1.82, 2.24) is 25.2 Å². The molecule has 13 heteroatoms. The second-order valence-corrected chi connectivity index (χ2v) is 8.53. The van der Waals surface area contributed by atoms with Gasteiger partial charge in [0.15, 0.2) is 11.4 Å². The van der Waals surface area contributed by atoms with Crippen molar-refractivity contribution in [2.45, 2.75) is 22.5 Å². The molecule has 0 aliphatic carbocycles. The van der Waals surface area contributed by atoms with Crippen LogP contribution in [0.25, 0.3) is 0 Å². The average molecular weight is 615 g/mol. The molecule has 1 N–H and O–H groups in total. The third kappa shape index (κ3) is 4.72. The Morgan fingerprint density at radius 2 is 1.75 bits per heavy atom. The zero-order chi connectivity index (χ0) is 26.1. The van der Waals surface area contributed by atoms with Crippen molar-refractivity contribution in [3.05, 3.63) is 106 Å². The third-order valence-corrected chi connectivity index (χ3v) is 6.31. The van der Waals surface area contributed by atoms with Crippen molar-refractivity contribution in [1.29, 1.82) is 0 Å². The molecule has 186 valence electrons. The molecule has 0 saturated carbocycles. The first-order valence-electron chi connectivity index (χ1n) is 10.2. The number of aromatic nitrogens is 5. The summed E-state index contributed by atoms with van der Waals surface area (Å²) in [6.45, 7) is -1.01. The highest BCUT2D eigenvalue weighted by Crippen LogP contribution is 2.46. The maximum Gasteiger partial charge on any atom is 0.323 e. The normalized spacial score (nSPS) is 13.4. The smallest absolute Gasteiger partial charge is 0.323 e. The minimum Gasteiger partial charge on any atom is -0.377 e. The van der Waals surface area contributed by atoms with Gasteiger partial charge >= 0.3 is 5.92 Å². The van der Waals surface area contributed by atoms with E-state index in [9.17, 15) is 23.1 Å². The fourth-order valence-corrected chi connectivity index (χ4v) is 4.17. The highest BCUT2D eigenvalue weighted by molar-refractivity contribution is 14.1. The van der Waals surface area contributed by atoms with Crippen LogP contribution in [-0.2, 0) is 22.5 Å². The Morgan fingerprint density at radius 1 is 1.00 bits per heavy atom. The molecule has 0 saturated heterocycles. The van der Waals surface area contributed by atoms with Gasteiger partial charge in [-0.15, -0.1) is 5.10 Å². The van der Waals surface area contributed by atoms with Gasteiger partial charge in [-0.2, -0.15) is 8.78 Å². The molecule has 2 heterocycles. The molecule has 7 nitrogen and oxygen atoms in total. The molecule has 2 aromatic carbocycles. The Morgan fingerprint density at radius 3 is 2.33 bits per heavy atom. The summed E-state index contributed by atoms with van der Waals surface area (Å²) in [5, 5.41) is 21.2. The fraction of sp³-hybridized carbons (Fsp3) is 0.174. The Balaban J connectivity index is 1.72. The van der Waals surface area contributed by atoms with Crippen molar-refractivity contribution in [2.24, 2.45) is 0 Å². The first kappa shape index (κ1) is 25.8. The van der Waals surface area contributed by atoms with Crippen LogP contribution < -0.4 is 0 Å². The number of ketones is 1. The van der Waals surface area contributed by atoms with Gasteiger partial charge in [-0.1, -0.05) is 34.7 Å². The lowest BCUT2D eigenvalue weighted by atomic mass is 9.84. The highest BCUT2D eigenvalue weighted by atomic mass is 127. The summed E-state index contributed by atoms with van der Waals surface area (Å²) < 4.78 is 74.8. The van der Waals surface area contributed by atoms with E-state index < -0.39 is 52.6 Å². The van der Waals surface area contributed by atoms with Gasteiger partial charge in [0.2, 0.25) is 0 Å². The van der Waals surface area contributed by atoms with Crippen LogP contribution in [0.1, 0.15) is 32.7 Å². The van der Waals surface area contributed by atoms with E-state index in [1.165, 1.54) is 12.1 Å². The van der Waals surface area contributed by atoms with Gasteiger partial charge in [0, 0.05) is 33.4 Å². The summed E-state index contributed by atoms with van der Waals surface area (Å²) >= 11 is 1.97. The molecule has 0 amide bonds. The number of benzene rings is 2. The first-order chi connectivity index (χ1) is 17.1. The quantitative estimate of drug-likeness (QED) is 0.137. The van der Waals surface area contributed by atoms with Gasteiger partial charge in [0.1, 0.15) is 29.5 Å². The largest absolute Gasteiger partial charge is 0.377 e. The van der Waals surface area contributed by atoms with Crippen molar-refractivity contribution >= 4 is 28.4 Å². The number of pyridine rings is 1. The number of carbonyl (C=O) groups excluding carboxylic acids is 1. The molecule has 0 aliphatic rings. The summed E-state index contributed by atoms with van der Waals surface area (Å²) in [5.41, 5.74) is -4.96. The minimum absolute atomic E-state index is 0.00835. The van der Waals surface area contributed by atoms with Crippen LogP contribution in [0.15, 0.2) is 61.1 Å². The van der Waals surface area contributed by atoms with E-state index >= 15 is 8.78 Å². The van der Waals surface area contributed by atoms with E-state index in [1.807, 2.05) is 22.6 Å². The van der Waals surface area contributed by atoms with Crippen molar-refractivity contribution < 1.29 is 31.9 Å². The van der Waals surface area contributed by atoms with Crippen LogP contribution in [0.3, 0.4) is 0 Å². The molecular formula is C23H15F5IN5O2. The summed E-state index contributed by atoms with van der Waals surface area (Å²) in [5.74, 6) is -7.97. The molecule has 1 atom stereocenters. The standard InChI is InChI=1S/C23H15F5IN5O2/c24-16-4-5-17(19(26)8-16)22(36,11-34-12-31-32-33-34)23(27,28)20-6-3-15(10-30-20)21(35)13-1-2-14(9-29)18(25)7-13/h1-8,10,12,36H,9,11H2. The number of alkyl halides is 3. The van der Waals surface area contributed by atoms with Crippen LogP contribution in [0.5, 0.6) is 0 Å². The number of carbonyl (C=O) groups is 1. The van der Waals surface area contributed by atoms with E-state index in [0.717, 1.165) is 41.5 Å². The van der Waals surface area contributed by atoms with Crippen molar-refractivity contribution in [2.75, 3.05) is 0 Å². The molecule has 4 rings (SSSR count). The van der Waals surface area contributed by atoms with E-state index in [1.54, 1.807) is 0 Å². The number of hydrogen-bond donors (Lipinski definition) is 1. The molecule has 0 radical (unpaired) electrons. The van der Waals surface area contributed by atoms with Crippen LogP contribution in [0.4, 0.5) is 22.0 Å². The molecule has 0 bridgehead atoms.